The van der Waals surface area contributed by atoms with Crippen molar-refractivity contribution in [3.63, 3.8) is 0 Å². The van der Waals surface area contributed by atoms with Crippen molar-refractivity contribution in [2.75, 3.05) is 7.05 Å². The first-order valence-corrected chi connectivity index (χ1v) is 6.10. The van der Waals surface area contributed by atoms with Gasteiger partial charge in [-0.25, -0.2) is 0 Å². The highest BCUT2D eigenvalue weighted by Gasteiger charge is 2.40. The van der Waals surface area contributed by atoms with Crippen LogP contribution in [0.4, 0.5) is 0 Å². The summed E-state index contributed by atoms with van der Waals surface area (Å²) in [7, 11) is 2.07. The summed E-state index contributed by atoms with van der Waals surface area (Å²) in [5.74, 6) is 0.495. The molecule has 0 aromatic carbocycles. The lowest BCUT2D eigenvalue weighted by Gasteiger charge is -2.43. The fourth-order valence-electron chi connectivity index (χ4n) is 2.30. The molecule has 0 radical (unpaired) electrons. The number of hydrogen-bond acceptors (Lipinski definition) is 2. The van der Waals surface area contributed by atoms with Crippen LogP contribution in [0.2, 0.25) is 0 Å². The molecule has 0 aromatic heterocycles. The van der Waals surface area contributed by atoms with Crippen molar-refractivity contribution in [2.45, 2.75) is 66.0 Å². The molecule has 0 saturated carbocycles. The van der Waals surface area contributed by atoms with E-state index in [9.17, 15) is 4.79 Å². The second-order valence-electron chi connectivity index (χ2n) is 4.96. The standard InChI is InChI=1S/C13H27NO/c1-8-13(9-2,12(15)10(3)4)14(7)11(5)6/h10-11H,8-9H2,1-7H3. The minimum absolute atomic E-state index is 0.117. The third-order valence-electron chi connectivity index (χ3n) is 3.60. The second kappa shape index (κ2) is 5.64. The number of likely N-dealkylation sites (N-methyl/N-ethyl adjacent to an activating group) is 1. The van der Waals surface area contributed by atoms with Gasteiger partial charge in [0.25, 0.3) is 0 Å². The van der Waals surface area contributed by atoms with Crippen LogP contribution in [0.5, 0.6) is 0 Å². The maximum absolute atomic E-state index is 12.3. The Morgan fingerprint density at radius 1 is 1.13 bits per heavy atom. The molecule has 0 spiro atoms. The number of carbonyl (C=O) groups is 1. The SMILES string of the molecule is CCC(CC)(C(=O)C(C)C)N(C)C(C)C. The van der Waals surface area contributed by atoms with Gasteiger partial charge in [0.2, 0.25) is 0 Å². The number of ketones is 1. The Hall–Kier alpha value is -0.370. The van der Waals surface area contributed by atoms with Crippen molar-refractivity contribution >= 4 is 5.78 Å². The molecule has 90 valence electrons. The first-order chi connectivity index (χ1) is 6.83. The first-order valence-electron chi connectivity index (χ1n) is 6.10. The van der Waals surface area contributed by atoms with Crippen molar-refractivity contribution in [1.82, 2.24) is 4.90 Å². The zero-order valence-electron chi connectivity index (χ0n) is 11.4. The Morgan fingerprint density at radius 3 is 1.73 bits per heavy atom. The van der Waals surface area contributed by atoms with Gasteiger partial charge in [-0.1, -0.05) is 27.7 Å². The van der Waals surface area contributed by atoms with E-state index in [0.717, 1.165) is 12.8 Å². The molecule has 0 aromatic rings. The molecule has 0 heterocycles. The molecule has 0 atom stereocenters. The maximum Gasteiger partial charge on any atom is 0.155 e. The normalized spacial score (nSPS) is 12.9. The van der Waals surface area contributed by atoms with E-state index in [1.807, 2.05) is 13.8 Å². The number of carbonyl (C=O) groups excluding carboxylic acids is 1. The van der Waals surface area contributed by atoms with Crippen LogP contribution in [0.1, 0.15) is 54.4 Å². The van der Waals surface area contributed by atoms with Gasteiger partial charge in [0, 0.05) is 12.0 Å². The van der Waals surface area contributed by atoms with E-state index in [1.165, 1.54) is 0 Å². The fourth-order valence-corrected chi connectivity index (χ4v) is 2.30. The fraction of sp³-hybridized carbons (Fsp3) is 0.923. The molecule has 0 N–H and O–H groups in total. The molecule has 0 saturated heterocycles. The van der Waals surface area contributed by atoms with Gasteiger partial charge >= 0.3 is 0 Å². The molecule has 0 amide bonds. The topological polar surface area (TPSA) is 20.3 Å². The summed E-state index contributed by atoms with van der Waals surface area (Å²) in [4.78, 5) is 14.6. The van der Waals surface area contributed by atoms with Gasteiger partial charge in [0.05, 0.1) is 5.54 Å². The highest BCUT2D eigenvalue weighted by molar-refractivity contribution is 5.89. The van der Waals surface area contributed by atoms with Crippen LogP contribution < -0.4 is 0 Å². The molecule has 0 rings (SSSR count). The van der Waals surface area contributed by atoms with Crippen LogP contribution in [-0.4, -0.2) is 29.3 Å². The summed E-state index contributed by atoms with van der Waals surface area (Å²) in [6.45, 7) is 12.5. The summed E-state index contributed by atoms with van der Waals surface area (Å²) >= 11 is 0. The van der Waals surface area contributed by atoms with E-state index in [4.69, 9.17) is 0 Å². The van der Waals surface area contributed by atoms with Crippen LogP contribution in [0.3, 0.4) is 0 Å². The number of nitrogens with zero attached hydrogens (tertiary/aromatic N) is 1. The van der Waals surface area contributed by atoms with Gasteiger partial charge < -0.3 is 0 Å². The van der Waals surface area contributed by atoms with E-state index >= 15 is 0 Å². The van der Waals surface area contributed by atoms with Crippen molar-refractivity contribution in [1.29, 1.82) is 0 Å². The summed E-state index contributed by atoms with van der Waals surface area (Å²) in [6.07, 6.45) is 1.80. The quantitative estimate of drug-likeness (QED) is 0.675. The molecule has 0 aliphatic heterocycles. The predicted molar refractivity (Wildman–Crippen MR) is 66.1 cm³/mol. The van der Waals surface area contributed by atoms with Gasteiger partial charge in [-0.3, -0.25) is 9.69 Å². The van der Waals surface area contributed by atoms with Crippen molar-refractivity contribution in [3.8, 4) is 0 Å². The molecule has 0 unspecified atom stereocenters. The summed E-state index contributed by atoms with van der Waals surface area (Å²) in [5, 5.41) is 0. The summed E-state index contributed by atoms with van der Waals surface area (Å²) in [6, 6.07) is 0.410. The summed E-state index contributed by atoms with van der Waals surface area (Å²) < 4.78 is 0. The molecular formula is C13H27NO. The zero-order valence-corrected chi connectivity index (χ0v) is 11.4. The molecular weight excluding hydrogens is 186 g/mol. The highest BCUT2D eigenvalue weighted by Crippen LogP contribution is 2.28. The highest BCUT2D eigenvalue weighted by atomic mass is 16.1. The lowest BCUT2D eigenvalue weighted by Crippen LogP contribution is -2.56. The monoisotopic (exact) mass is 213 g/mol. The van der Waals surface area contributed by atoms with Crippen molar-refractivity contribution in [3.05, 3.63) is 0 Å². The van der Waals surface area contributed by atoms with E-state index in [1.54, 1.807) is 0 Å². The Bertz CT molecular complexity index is 205. The Morgan fingerprint density at radius 2 is 1.53 bits per heavy atom. The molecule has 15 heavy (non-hydrogen) atoms. The lowest BCUT2D eigenvalue weighted by molar-refractivity contribution is -0.135. The Kier molecular flexibility index (Phi) is 5.50. The van der Waals surface area contributed by atoms with E-state index in [-0.39, 0.29) is 11.5 Å². The largest absolute Gasteiger partial charge is 0.297 e. The molecule has 0 aliphatic rings. The number of Topliss-reactive ketones (excluding diaryl/α,β-unsaturated/α-hetero) is 1. The predicted octanol–water partition coefficient (Wildman–Crippen LogP) is 3.11. The Balaban J connectivity index is 5.12. The van der Waals surface area contributed by atoms with Gasteiger partial charge in [0.15, 0.2) is 5.78 Å². The smallest absolute Gasteiger partial charge is 0.155 e. The number of hydrogen-bond donors (Lipinski definition) is 0. The minimum Gasteiger partial charge on any atom is -0.297 e. The van der Waals surface area contributed by atoms with Crippen molar-refractivity contribution < 1.29 is 4.79 Å². The summed E-state index contributed by atoms with van der Waals surface area (Å²) in [5.41, 5.74) is -0.262. The van der Waals surface area contributed by atoms with Crippen LogP contribution in [-0.2, 0) is 4.79 Å². The zero-order chi connectivity index (χ0) is 12.2. The minimum atomic E-state index is -0.262. The molecule has 2 heteroatoms. The second-order valence-corrected chi connectivity index (χ2v) is 4.96. The average Bonchev–Trinajstić information content (AvgIpc) is 2.19. The number of rotatable bonds is 6. The molecule has 0 fully saturated rings. The third-order valence-corrected chi connectivity index (χ3v) is 3.60. The molecule has 0 bridgehead atoms. The van der Waals surface area contributed by atoms with Gasteiger partial charge in [-0.15, -0.1) is 0 Å². The van der Waals surface area contributed by atoms with Gasteiger partial charge in [0.1, 0.15) is 0 Å². The first kappa shape index (κ1) is 14.6. The third kappa shape index (κ3) is 2.81. The van der Waals surface area contributed by atoms with E-state index in [0.29, 0.717) is 11.8 Å². The molecule has 0 aliphatic carbocycles. The molecule has 2 nitrogen and oxygen atoms in total. The van der Waals surface area contributed by atoms with E-state index < -0.39 is 0 Å². The van der Waals surface area contributed by atoms with E-state index in [2.05, 4.69) is 39.6 Å². The Labute approximate surface area is 95.0 Å². The van der Waals surface area contributed by atoms with Crippen LogP contribution in [0.15, 0.2) is 0 Å². The average molecular weight is 213 g/mol. The van der Waals surface area contributed by atoms with Gasteiger partial charge in [-0.2, -0.15) is 0 Å². The maximum atomic E-state index is 12.3. The van der Waals surface area contributed by atoms with Gasteiger partial charge in [-0.05, 0) is 33.7 Å². The lowest BCUT2D eigenvalue weighted by atomic mass is 9.80. The van der Waals surface area contributed by atoms with Crippen LogP contribution in [0.25, 0.3) is 0 Å². The van der Waals surface area contributed by atoms with Crippen molar-refractivity contribution in [2.24, 2.45) is 5.92 Å². The van der Waals surface area contributed by atoms with Crippen LogP contribution in [0, 0.1) is 5.92 Å². The van der Waals surface area contributed by atoms with Crippen LogP contribution >= 0.6 is 0 Å².